The first-order chi connectivity index (χ1) is 25.6. The number of allylic oxidation sites excluding steroid dienone is 10. The predicted octanol–water partition coefficient (Wildman–Crippen LogP) is 14.2. The molecule has 1 unspecified atom stereocenters. The molecule has 5 heteroatoms. The van der Waals surface area contributed by atoms with E-state index in [1.54, 1.807) is 0 Å². The number of unbranched alkanes of at least 4 members (excludes halogenated alkanes) is 18. The number of rotatable bonds is 39. The summed E-state index contributed by atoms with van der Waals surface area (Å²) >= 11 is 0. The molecule has 0 radical (unpaired) electrons. The highest BCUT2D eigenvalue weighted by Gasteiger charge is 2.17. The van der Waals surface area contributed by atoms with Gasteiger partial charge in [0.05, 0.1) is 6.61 Å². The molecule has 0 amide bonds. The van der Waals surface area contributed by atoms with Gasteiger partial charge >= 0.3 is 11.9 Å². The Kier molecular flexibility index (Phi) is 41.0. The van der Waals surface area contributed by atoms with E-state index in [4.69, 9.17) is 14.2 Å². The highest BCUT2D eigenvalue weighted by Crippen LogP contribution is 2.12. The quantitative estimate of drug-likeness (QED) is 0.0358. The third-order valence-corrected chi connectivity index (χ3v) is 9.04. The number of ether oxygens (including phenoxy) is 3. The van der Waals surface area contributed by atoms with Crippen LogP contribution in [0.5, 0.6) is 0 Å². The van der Waals surface area contributed by atoms with Crippen LogP contribution in [0.1, 0.15) is 201 Å². The van der Waals surface area contributed by atoms with Crippen LogP contribution in [0, 0.1) is 0 Å². The van der Waals surface area contributed by atoms with Crippen molar-refractivity contribution in [3.05, 3.63) is 60.8 Å². The molecule has 0 heterocycles. The zero-order valence-electron chi connectivity index (χ0n) is 34.3. The maximum atomic E-state index is 12.5. The Hall–Kier alpha value is -2.40. The summed E-state index contributed by atoms with van der Waals surface area (Å²) in [6.07, 6.45) is 52.4. The van der Waals surface area contributed by atoms with Crippen LogP contribution in [0.3, 0.4) is 0 Å². The van der Waals surface area contributed by atoms with Gasteiger partial charge in [-0.1, -0.05) is 165 Å². The molecule has 0 aliphatic heterocycles. The molecule has 0 aromatic heterocycles. The minimum atomic E-state index is -0.546. The molecule has 300 valence electrons. The molecule has 1 atom stereocenters. The maximum Gasteiger partial charge on any atom is 0.306 e. The molecule has 0 aromatic carbocycles. The molecule has 0 N–H and O–H groups in total. The largest absolute Gasteiger partial charge is 0.462 e. The normalized spacial score (nSPS) is 12.8. The van der Waals surface area contributed by atoms with Crippen molar-refractivity contribution in [3.63, 3.8) is 0 Å². The van der Waals surface area contributed by atoms with E-state index in [9.17, 15) is 9.59 Å². The van der Waals surface area contributed by atoms with Gasteiger partial charge in [-0.2, -0.15) is 0 Å². The standard InChI is InChI=1S/C47H82O5/c1-4-7-10-13-15-17-19-21-23-24-25-26-28-30-32-35-37-40-46(48)51-44-45(52-47(49)41-38-34-12-9-6-3)43-50-42-39-36-33-31-29-27-22-20-18-16-14-11-8-5-2/h8,11,15-18,21-23,27,45H,4-7,9-10,12-14,19-20,24-26,28-44H2,1-3H3/b11-8-,17-15-,18-16-,23-21-,27-22-. The Labute approximate surface area is 322 Å². The lowest BCUT2D eigenvalue weighted by atomic mass is 10.1. The van der Waals surface area contributed by atoms with Gasteiger partial charge in [0.25, 0.3) is 0 Å². The van der Waals surface area contributed by atoms with Crippen LogP contribution in [0.2, 0.25) is 0 Å². The molecule has 0 fully saturated rings. The first-order valence-corrected chi connectivity index (χ1v) is 21.8. The van der Waals surface area contributed by atoms with Crippen molar-refractivity contribution in [2.45, 2.75) is 207 Å². The zero-order valence-corrected chi connectivity index (χ0v) is 34.3. The zero-order chi connectivity index (χ0) is 37.8. The fourth-order valence-electron chi connectivity index (χ4n) is 5.79. The first kappa shape index (κ1) is 49.6. The van der Waals surface area contributed by atoms with Crippen LogP contribution in [0.25, 0.3) is 0 Å². The Bertz CT molecular complexity index is 915. The van der Waals surface area contributed by atoms with E-state index >= 15 is 0 Å². The van der Waals surface area contributed by atoms with Crippen LogP contribution in [-0.4, -0.2) is 37.9 Å². The number of hydrogen-bond donors (Lipinski definition) is 0. The van der Waals surface area contributed by atoms with Crippen molar-refractivity contribution in [1.29, 1.82) is 0 Å². The van der Waals surface area contributed by atoms with Crippen molar-refractivity contribution in [2.75, 3.05) is 19.8 Å². The van der Waals surface area contributed by atoms with E-state index in [1.807, 2.05) is 0 Å². The third kappa shape index (κ3) is 40.4. The molecular weight excluding hydrogens is 645 g/mol. The van der Waals surface area contributed by atoms with Crippen LogP contribution in [-0.2, 0) is 23.8 Å². The number of esters is 2. The molecule has 5 nitrogen and oxygen atoms in total. The molecule has 0 saturated heterocycles. The van der Waals surface area contributed by atoms with Crippen molar-refractivity contribution in [1.82, 2.24) is 0 Å². The summed E-state index contributed by atoms with van der Waals surface area (Å²) in [7, 11) is 0. The second-order valence-corrected chi connectivity index (χ2v) is 14.2. The van der Waals surface area contributed by atoms with Gasteiger partial charge in [-0.05, 0) is 83.5 Å². The molecule has 52 heavy (non-hydrogen) atoms. The van der Waals surface area contributed by atoms with Gasteiger partial charge in [-0.15, -0.1) is 0 Å². The maximum absolute atomic E-state index is 12.5. The minimum absolute atomic E-state index is 0.0705. The third-order valence-electron chi connectivity index (χ3n) is 9.04. The van der Waals surface area contributed by atoms with Gasteiger partial charge in [0.1, 0.15) is 6.61 Å². The van der Waals surface area contributed by atoms with Crippen molar-refractivity contribution < 1.29 is 23.8 Å². The monoisotopic (exact) mass is 727 g/mol. The molecule has 0 saturated carbocycles. The lowest BCUT2D eigenvalue weighted by Gasteiger charge is -2.18. The Morgan fingerprint density at radius 2 is 0.865 bits per heavy atom. The molecule has 0 aliphatic carbocycles. The van der Waals surface area contributed by atoms with E-state index in [0.29, 0.717) is 19.4 Å². The average molecular weight is 727 g/mol. The van der Waals surface area contributed by atoms with Crippen LogP contribution < -0.4 is 0 Å². The molecule has 0 aliphatic rings. The van der Waals surface area contributed by atoms with Crippen molar-refractivity contribution in [3.8, 4) is 0 Å². The van der Waals surface area contributed by atoms with E-state index in [2.05, 4.69) is 81.5 Å². The summed E-state index contributed by atoms with van der Waals surface area (Å²) < 4.78 is 17.1. The Balaban J connectivity index is 4.12. The highest BCUT2D eigenvalue weighted by molar-refractivity contribution is 5.70. The SMILES string of the molecule is CC/C=C\C/C=C\C/C=C\CCCCCCOCC(COC(=O)CCCCCCCCC/C=C\C/C=C\CCCCC)OC(=O)CCCCCCC. The molecule has 0 aromatic rings. The Morgan fingerprint density at radius 1 is 0.442 bits per heavy atom. The summed E-state index contributed by atoms with van der Waals surface area (Å²) in [4.78, 5) is 25.0. The summed E-state index contributed by atoms with van der Waals surface area (Å²) in [6.45, 7) is 7.55. The molecule has 0 rings (SSSR count). The van der Waals surface area contributed by atoms with Gasteiger partial charge in [0.2, 0.25) is 0 Å². The van der Waals surface area contributed by atoms with Crippen LogP contribution >= 0.6 is 0 Å². The second-order valence-electron chi connectivity index (χ2n) is 14.2. The summed E-state index contributed by atoms with van der Waals surface area (Å²) in [6, 6.07) is 0. The van der Waals surface area contributed by atoms with E-state index in [1.165, 1.54) is 83.5 Å². The number of carbonyl (C=O) groups excluding carboxylic acids is 2. The van der Waals surface area contributed by atoms with Gasteiger partial charge in [0.15, 0.2) is 6.10 Å². The summed E-state index contributed by atoms with van der Waals surface area (Å²) in [5.41, 5.74) is 0. The van der Waals surface area contributed by atoms with Gasteiger partial charge in [-0.3, -0.25) is 9.59 Å². The highest BCUT2D eigenvalue weighted by atomic mass is 16.6. The fraction of sp³-hybridized carbons (Fsp3) is 0.745. The smallest absolute Gasteiger partial charge is 0.306 e. The number of hydrogen-bond acceptors (Lipinski definition) is 5. The predicted molar refractivity (Wildman–Crippen MR) is 224 cm³/mol. The Morgan fingerprint density at radius 3 is 1.42 bits per heavy atom. The summed E-state index contributed by atoms with van der Waals surface area (Å²) in [5.74, 6) is -0.434. The topological polar surface area (TPSA) is 61.8 Å². The molecule has 0 bridgehead atoms. The van der Waals surface area contributed by atoms with Gasteiger partial charge in [-0.25, -0.2) is 0 Å². The minimum Gasteiger partial charge on any atom is -0.462 e. The van der Waals surface area contributed by atoms with Gasteiger partial charge in [0, 0.05) is 19.4 Å². The fourth-order valence-corrected chi connectivity index (χ4v) is 5.79. The lowest BCUT2D eigenvalue weighted by molar-refractivity contribution is -0.163. The van der Waals surface area contributed by atoms with Crippen LogP contribution in [0.4, 0.5) is 0 Å². The molecule has 0 spiro atoms. The molecular formula is C47H82O5. The van der Waals surface area contributed by atoms with E-state index < -0.39 is 6.10 Å². The second kappa shape index (κ2) is 43.0. The van der Waals surface area contributed by atoms with Crippen molar-refractivity contribution in [2.24, 2.45) is 0 Å². The van der Waals surface area contributed by atoms with E-state index in [-0.39, 0.29) is 25.2 Å². The van der Waals surface area contributed by atoms with Crippen molar-refractivity contribution >= 4 is 11.9 Å². The first-order valence-electron chi connectivity index (χ1n) is 21.8. The summed E-state index contributed by atoms with van der Waals surface area (Å²) in [5, 5.41) is 0. The number of carbonyl (C=O) groups is 2. The lowest BCUT2D eigenvalue weighted by Crippen LogP contribution is -2.30. The van der Waals surface area contributed by atoms with E-state index in [0.717, 1.165) is 83.5 Å². The van der Waals surface area contributed by atoms with Gasteiger partial charge < -0.3 is 14.2 Å². The van der Waals surface area contributed by atoms with Crippen LogP contribution in [0.15, 0.2) is 60.8 Å². The average Bonchev–Trinajstić information content (AvgIpc) is 3.14.